The van der Waals surface area contributed by atoms with Crippen molar-refractivity contribution in [3.63, 3.8) is 0 Å². The highest BCUT2D eigenvalue weighted by molar-refractivity contribution is 9.10. The third-order valence-corrected chi connectivity index (χ3v) is 3.57. The number of nitrogens with two attached hydrogens (primary N) is 1. The molecular weight excluding hydrogens is 270 g/mol. The van der Waals surface area contributed by atoms with Gasteiger partial charge in [0.05, 0.1) is 22.0 Å². The highest BCUT2D eigenvalue weighted by atomic mass is 79.9. The Morgan fingerprint density at radius 1 is 1.44 bits per heavy atom. The van der Waals surface area contributed by atoms with E-state index in [2.05, 4.69) is 32.9 Å². The van der Waals surface area contributed by atoms with E-state index in [1.54, 1.807) is 12.4 Å². The summed E-state index contributed by atoms with van der Waals surface area (Å²) in [4.78, 5) is 6.27. The first kappa shape index (κ1) is 11.7. The molecule has 5 heteroatoms. The molecule has 0 amide bonds. The standard InChI is InChI=1S/C11H16BrN3O/c1-15(8-2-4-16-5-3-8)11-9(12)6-14-7-10(11)13/h6-8H,2-5,13H2,1H3. The first-order valence-electron chi connectivity index (χ1n) is 5.39. The number of nitrogen functional groups attached to an aromatic ring is 1. The zero-order valence-electron chi connectivity index (χ0n) is 9.32. The lowest BCUT2D eigenvalue weighted by atomic mass is 10.1. The molecule has 88 valence electrons. The van der Waals surface area contributed by atoms with Crippen molar-refractivity contribution in [2.45, 2.75) is 18.9 Å². The van der Waals surface area contributed by atoms with Gasteiger partial charge >= 0.3 is 0 Å². The molecule has 0 atom stereocenters. The SMILES string of the molecule is CN(c1c(N)cncc1Br)C1CCOCC1. The number of halogens is 1. The van der Waals surface area contributed by atoms with Gasteiger partial charge in [-0.15, -0.1) is 0 Å². The maximum atomic E-state index is 5.96. The molecule has 0 unspecified atom stereocenters. The minimum Gasteiger partial charge on any atom is -0.396 e. The van der Waals surface area contributed by atoms with Gasteiger partial charge in [-0.3, -0.25) is 4.98 Å². The summed E-state index contributed by atoms with van der Waals surface area (Å²) in [6.45, 7) is 1.66. The maximum absolute atomic E-state index is 5.96. The van der Waals surface area contributed by atoms with Crippen LogP contribution in [-0.2, 0) is 4.74 Å². The zero-order valence-corrected chi connectivity index (χ0v) is 10.9. The van der Waals surface area contributed by atoms with Crippen LogP contribution in [0.25, 0.3) is 0 Å². The average Bonchev–Trinajstić information content (AvgIpc) is 2.30. The van der Waals surface area contributed by atoms with E-state index in [0.717, 1.165) is 36.2 Å². The molecule has 1 aromatic heterocycles. The minimum atomic E-state index is 0.495. The van der Waals surface area contributed by atoms with E-state index in [0.29, 0.717) is 11.7 Å². The molecule has 0 radical (unpaired) electrons. The van der Waals surface area contributed by atoms with Crippen LogP contribution in [0.2, 0.25) is 0 Å². The fourth-order valence-electron chi connectivity index (χ4n) is 2.07. The van der Waals surface area contributed by atoms with Gasteiger partial charge < -0.3 is 15.4 Å². The Hall–Kier alpha value is -0.810. The summed E-state index contributed by atoms with van der Waals surface area (Å²) in [5.74, 6) is 0. The number of rotatable bonds is 2. The van der Waals surface area contributed by atoms with Crippen molar-refractivity contribution in [1.29, 1.82) is 0 Å². The second-order valence-electron chi connectivity index (χ2n) is 4.01. The van der Waals surface area contributed by atoms with Crippen LogP contribution in [0.5, 0.6) is 0 Å². The Balaban J connectivity index is 2.22. The van der Waals surface area contributed by atoms with Crippen molar-refractivity contribution < 1.29 is 4.74 Å². The Labute approximate surface area is 104 Å². The van der Waals surface area contributed by atoms with Crippen molar-refractivity contribution >= 4 is 27.3 Å². The number of anilines is 2. The lowest BCUT2D eigenvalue weighted by molar-refractivity contribution is 0.0855. The van der Waals surface area contributed by atoms with Gasteiger partial charge in [0.1, 0.15) is 0 Å². The molecule has 2 N–H and O–H groups in total. The Kier molecular flexibility index (Phi) is 3.66. The molecule has 0 spiro atoms. The van der Waals surface area contributed by atoms with E-state index >= 15 is 0 Å². The van der Waals surface area contributed by atoms with Crippen molar-refractivity contribution in [3.05, 3.63) is 16.9 Å². The summed E-state index contributed by atoms with van der Waals surface area (Å²) < 4.78 is 6.31. The molecule has 1 aromatic rings. The first-order valence-corrected chi connectivity index (χ1v) is 6.19. The van der Waals surface area contributed by atoms with E-state index in [-0.39, 0.29) is 0 Å². The lowest BCUT2D eigenvalue weighted by Crippen LogP contribution is -2.37. The van der Waals surface area contributed by atoms with Gasteiger partial charge in [-0.1, -0.05) is 0 Å². The van der Waals surface area contributed by atoms with Crippen molar-refractivity contribution in [3.8, 4) is 0 Å². The smallest absolute Gasteiger partial charge is 0.0775 e. The molecule has 2 heterocycles. The largest absolute Gasteiger partial charge is 0.396 e. The fraction of sp³-hybridized carbons (Fsp3) is 0.545. The maximum Gasteiger partial charge on any atom is 0.0775 e. The summed E-state index contributed by atoms with van der Waals surface area (Å²) in [6.07, 6.45) is 5.56. The predicted octanol–water partition coefficient (Wildman–Crippen LogP) is 2.04. The third-order valence-electron chi connectivity index (χ3n) is 2.99. The third kappa shape index (κ3) is 2.30. The average molecular weight is 286 g/mol. The Morgan fingerprint density at radius 2 is 2.12 bits per heavy atom. The van der Waals surface area contributed by atoms with Gasteiger partial charge in [-0.05, 0) is 28.8 Å². The van der Waals surface area contributed by atoms with Crippen molar-refractivity contribution in [1.82, 2.24) is 4.98 Å². The summed E-state index contributed by atoms with van der Waals surface area (Å²) in [7, 11) is 2.08. The van der Waals surface area contributed by atoms with Gasteiger partial charge in [0, 0.05) is 32.5 Å². The van der Waals surface area contributed by atoms with E-state index in [4.69, 9.17) is 10.5 Å². The van der Waals surface area contributed by atoms with Gasteiger partial charge in [-0.2, -0.15) is 0 Å². The molecule has 0 bridgehead atoms. The monoisotopic (exact) mass is 285 g/mol. The zero-order chi connectivity index (χ0) is 11.5. The summed E-state index contributed by atoms with van der Waals surface area (Å²) in [5.41, 5.74) is 7.70. The number of hydrogen-bond acceptors (Lipinski definition) is 4. The van der Waals surface area contributed by atoms with Gasteiger partial charge in [-0.25, -0.2) is 0 Å². The van der Waals surface area contributed by atoms with Crippen LogP contribution in [0, 0.1) is 0 Å². The summed E-state index contributed by atoms with van der Waals surface area (Å²) in [5, 5.41) is 0. The van der Waals surface area contributed by atoms with Crippen LogP contribution in [0.4, 0.5) is 11.4 Å². The van der Waals surface area contributed by atoms with E-state index < -0.39 is 0 Å². The first-order chi connectivity index (χ1) is 7.70. The van der Waals surface area contributed by atoms with Crippen LogP contribution in [0.3, 0.4) is 0 Å². The van der Waals surface area contributed by atoms with Crippen LogP contribution >= 0.6 is 15.9 Å². The quantitative estimate of drug-likeness (QED) is 0.904. The van der Waals surface area contributed by atoms with Crippen LogP contribution in [0.15, 0.2) is 16.9 Å². The molecule has 16 heavy (non-hydrogen) atoms. The molecule has 4 nitrogen and oxygen atoms in total. The number of nitrogens with zero attached hydrogens (tertiary/aromatic N) is 2. The number of hydrogen-bond donors (Lipinski definition) is 1. The van der Waals surface area contributed by atoms with Crippen molar-refractivity contribution in [2.75, 3.05) is 30.9 Å². The topological polar surface area (TPSA) is 51.4 Å². The van der Waals surface area contributed by atoms with Crippen LogP contribution in [-0.4, -0.2) is 31.3 Å². The number of aromatic nitrogens is 1. The van der Waals surface area contributed by atoms with Crippen LogP contribution < -0.4 is 10.6 Å². The number of ether oxygens (including phenoxy) is 1. The highest BCUT2D eigenvalue weighted by Gasteiger charge is 2.21. The second kappa shape index (κ2) is 5.01. The van der Waals surface area contributed by atoms with Crippen molar-refractivity contribution in [2.24, 2.45) is 0 Å². The summed E-state index contributed by atoms with van der Waals surface area (Å²) >= 11 is 3.50. The molecule has 1 aliphatic heterocycles. The van der Waals surface area contributed by atoms with Gasteiger partial charge in [0.2, 0.25) is 0 Å². The minimum absolute atomic E-state index is 0.495. The number of pyridine rings is 1. The van der Waals surface area contributed by atoms with E-state index in [9.17, 15) is 0 Å². The molecular formula is C11H16BrN3O. The normalized spacial score (nSPS) is 17.4. The van der Waals surface area contributed by atoms with Gasteiger partial charge in [0.25, 0.3) is 0 Å². The highest BCUT2D eigenvalue weighted by Crippen LogP contribution is 2.33. The molecule has 1 aliphatic rings. The molecule has 2 rings (SSSR count). The molecule has 0 aromatic carbocycles. The summed E-state index contributed by atoms with van der Waals surface area (Å²) in [6, 6.07) is 0.495. The molecule has 0 aliphatic carbocycles. The second-order valence-corrected chi connectivity index (χ2v) is 4.87. The fourth-order valence-corrected chi connectivity index (χ4v) is 2.70. The van der Waals surface area contributed by atoms with E-state index in [1.807, 2.05) is 0 Å². The lowest BCUT2D eigenvalue weighted by Gasteiger charge is -2.34. The Bertz CT molecular complexity index is 346. The molecule has 1 fully saturated rings. The Morgan fingerprint density at radius 3 is 2.75 bits per heavy atom. The van der Waals surface area contributed by atoms with Gasteiger partial charge in [0.15, 0.2) is 0 Å². The molecule has 0 saturated carbocycles. The van der Waals surface area contributed by atoms with Crippen LogP contribution in [0.1, 0.15) is 12.8 Å². The predicted molar refractivity (Wildman–Crippen MR) is 68.6 cm³/mol. The van der Waals surface area contributed by atoms with E-state index in [1.165, 1.54) is 0 Å². The molecule has 1 saturated heterocycles.